The van der Waals surface area contributed by atoms with E-state index in [0.717, 1.165) is 16.7 Å². The molecule has 0 spiro atoms. The van der Waals surface area contributed by atoms with Crippen LogP contribution in [0.3, 0.4) is 0 Å². The van der Waals surface area contributed by atoms with Crippen molar-refractivity contribution in [2.75, 3.05) is 6.61 Å². The molecule has 2 aromatic carbocycles. The lowest BCUT2D eigenvalue weighted by atomic mass is 10.1. The van der Waals surface area contributed by atoms with Crippen LogP contribution in [0.15, 0.2) is 60.4 Å². The topological polar surface area (TPSA) is 35.5 Å². The molecule has 0 saturated heterocycles. The minimum Gasteiger partial charge on any atom is -0.489 e. The van der Waals surface area contributed by atoms with E-state index in [-0.39, 0.29) is 5.78 Å². The van der Waals surface area contributed by atoms with Gasteiger partial charge < -0.3 is 9.47 Å². The number of benzene rings is 2. The number of rotatable bonds is 4. The highest BCUT2D eigenvalue weighted by molar-refractivity contribution is 6.14. The van der Waals surface area contributed by atoms with Crippen LogP contribution >= 0.6 is 0 Å². The zero-order valence-electron chi connectivity index (χ0n) is 13.3. The van der Waals surface area contributed by atoms with Gasteiger partial charge in [0.2, 0.25) is 5.78 Å². The third-order valence-electron chi connectivity index (χ3n) is 3.47. The van der Waals surface area contributed by atoms with Crippen molar-refractivity contribution in [2.45, 2.75) is 13.8 Å². The maximum Gasteiger partial charge on any atom is 0.231 e. The fourth-order valence-corrected chi connectivity index (χ4v) is 2.37. The van der Waals surface area contributed by atoms with E-state index < -0.39 is 0 Å². The van der Waals surface area contributed by atoms with Gasteiger partial charge in [0, 0.05) is 6.07 Å². The number of carbonyl (C=O) groups is 1. The lowest BCUT2D eigenvalue weighted by molar-refractivity contribution is 0.101. The molecular weight excluding hydrogens is 288 g/mol. The summed E-state index contributed by atoms with van der Waals surface area (Å²) in [4.78, 5) is 12.4. The lowest BCUT2D eigenvalue weighted by Gasteiger charge is -2.06. The molecule has 0 atom stereocenters. The number of allylic oxidation sites excluding steroid dienone is 1. The minimum absolute atomic E-state index is 0.104. The molecule has 116 valence electrons. The van der Waals surface area contributed by atoms with Crippen molar-refractivity contribution in [1.82, 2.24) is 0 Å². The van der Waals surface area contributed by atoms with Gasteiger partial charge in [-0.2, -0.15) is 0 Å². The molecule has 3 nitrogen and oxygen atoms in total. The Morgan fingerprint density at radius 2 is 2.09 bits per heavy atom. The van der Waals surface area contributed by atoms with E-state index in [0.29, 0.717) is 29.4 Å². The van der Waals surface area contributed by atoms with Crippen LogP contribution in [0.25, 0.3) is 6.08 Å². The van der Waals surface area contributed by atoms with Gasteiger partial charge in [-0.3, -0.25) is 4.79 Å². The van der Waals surface area contributed by atoms with Crippen molar-refractivity contribution in [2.24, 2.45) is 0 Å². The molecule has 0 aliphatic carbocycles. The average molecular weight is 306 g/mol. The first-order valence-electron chi connectivity index (χ1n) is 7.45. The predicted octanol–water partition coefficient (Wildman–Crippen LogP) is 4.57. The van der Waals surface area contributed by atoms with E-state index in [4.69, 9.17) is 9.47 Å². The molecule has 0 bridgehead atoms. The number of ether oxygens (including phenoxy) is 2. The molecule has 0 fully saturated rings. The van der Waals surface area contributed by atoms with E-state index in [2.05, 4.69) is 6.58 Å². The summed E-state index contributed by atoms with van der Waals surface area (Å²) in [5.74, 6) is 1.43. The molecule has 0 N–H and O–H groups in total. The second-order valence-corrected chi connectivity index (χ2v) is 5.76. The normalized spacial score (nSPS) is 14.5. The van der Waals surface area contributed by atoms with Gasteiger partial charge in [0.05, 0.1) is 5.56 Å². The number of fused-ring (bicyclic) bond motifs is 1. The highest BCUT2D eigenvalue weighted by Crippen LogP contribution is 2.35. The smallest absolute Gasteiger partial charge is 0.231 e. The minimum atomic E-state index is -0.104. The standard InChI is InChI=1S/C20H18O3/c1-13(2)12-22-16-7-8-17-18(11-16)23-19(20(17)21)10-15-6-4-5-14(3)9-15/h4-11H,1,12H2,2-3H3/b19-10-. The highest BCUT2D eigenvalue weighted by atomic mass is 16.5. The van der Waals surface area contributed by atoms with Crippen LogP contribution in [-0.2, 0) is 0 Å². The van der Waals surface area contributed by atoms with Crippen LogP contribution in [0.4, 0.5) is 0 Å². The zero-order valence-corrected chi connectivity index (χ0v) is 13.3. The summed E-state index contributed by atoms with van der Waals surface area (Å²) in [7, 11) is 0. The first-order valence-corrected chi connectivity index (χ1v) is 7.45. The average Bonchev–Trinajstić information content (AvgIpc) is 2.81. The van der Waals surface area contributed by atoms with Gasteiger partial charge in [-0.25, -0.2) is 0 Å². The molecule has 2 aromatic rings. The number of Topliss-reactive ketones (excluding diaryl/α,β-unsaturated/α-hetero) is 1. The lowest BCUT2D eigenvalue weighted by Crippen LogP contribution is -1.98. The summed E-state index contributed by atoms with van der Waals surface area (Å²) in [5, 5.41) is 0. The van der Waals surface area contributed by atoms with Gasteiger partial charge in [0.1, 0.15) is 18.1 Å². The molecule has 0 radical (unpaired) electrons. The second-order valence-electron chi connectivity index (χ2n) is 5.76. The van der Waals surface area contributed by atoms with Crippen LogP contribution in [0.1, 0.15) is 28.4 Å². The van der Waals surface area contributed by atoms with Crippen molar-refractivity contribution in [3.63, 3.8) is 0 Å². The maximum absolute atomic E-state index is 12.4. The van der Waals surface area contributed by atoms with Crippen molar-refractivity contribution in [3.8, 4) is 11.5 Å². The van der Waals surface area contributed by atoms with Gasteiger partial charge >= 0.3 is 0 Å². The van der Waals surface area contributed by atoms with Crippen molar-refractivity contribution >= 4 is 11.9 Å². The van der Waals surface area contributed by atoms with Crippen LogP contribution < -0.4 is 9.47 Å². The Bertz CT molecular complexity index is 815. The first-order chi connectivity index (χ1) is 11.0. The summed E-state index contributed by atoms with van der Waals surface area (Å²) >= 11 is 0. The quantitative estimate of drug-likeness (QED) is 0.613. The summed E-state index contributed by atoms with van der Waals surface area (Å²) < 4.78 is 11.3. The fraction of sp³-hybridized carbons (Fsp3) is 0.150. The van der Waals surface area contributed by atoms with Crippen LogP contribution in [0, 0.1) is 6.92 Å². The molecule has 3 rings (SSSR count). The van der Waals surface area contributed by atoms with Crippen LogP contribution in [0.5, 0.6) is 11.5 Å². The molecule has 23 heavy (non-hydrogen) atoms. The molecule has 0 unspecified atom stereocenters. The Morgan fingerprint density at radius 3 is 2.83 bits per heavy atom. The largest absolute Gasteiger partial charge is 0.489 e. The van der Waals surface area contributed by atoms with E-state index in [9.17, 15) is 4.79 Å². The predicted molar refractivity (Wildman–Crippen MR) is 90.9 cm³/mol. The number of hydrogen-bond acceptors (Lipinski definition) is 3. The molecule has 3 heteroatoms. The van der Waals surface area contributed by atoms with Crippen molar-refractivity contribution < 1.29 is 14.3 Å². The molecular formula is C20H18O3. The molecule has 0 amide bonds. The van der Waals surface area contributed by atoms with E-state index >= 15 is 0 Å². The zero-order chi connectivity index (χ0) is 16.4. The number of ketones is 1. The summed E-state index contributed by atoms with van der Waals surface area (Å²) in [6.07, 6.45) is 1.77. The fourth-order valence-electron chi connectivity index (χ4n) is 2.37. The second kappa shape index (κ2) is 6.13. The monoisotopic (exact) mass is 306 g/mol. The maximum atomic E-state index is 12.4. The van der Waals surface area contributed by atoms with Crippen LogP contribution in [0.2, 0.25) is 0 Å². The highest BCUT2D eigenvalue weighted by Gasteiger charge is 2.27. The Hall–Kier alpha value is -2.81. The van der Waals surface area contributed by atoms with E-state index in [1.807, 2.05) is 38.1 Å². The van der Waals surface area contributed by atoms with Gasteiger partial charge in [0.15, 0.2) is 5.76 Å². The first kappa shape index (κ1) is 15.1. The third-order valence-corrected chi connectivity index (χ3v) is 3.47. The number of aryl methyl sites for hydroxylation is 1. The third kappa shape index (κ3) is 3.34. The van der Waals surface area contributed by atoms with Gasteiger partial charge in [-0.1, -0.05) is 36.4 Å². The molecule has 1 heterocycles. The van der Waals surface area contributed by atoms with Crippen molar-refractivity contribution in [1.29, 1.82) is 0 Å². The van der Waals surface area contributed by atoms with Gasteiger partial charge in [-0.05, 0) is 43.2 Å². The molecule has 1 aliphatic rings. The number of hydrogen-bond donors (Lipinski definition) is 0. The summed E-state index contributed by atoms with van der Waals surface area (Å²) in [5.41, 5.74) is 3.58. The van der Waals surface area contributed by atoms with E-state index in [1.165, 1.54) is 0 Å². The van der Waals surface area contributed by atoms with E-state index in [1.54, 1.807) is 24.3 Å². The molecule has 0 aromatic heterocycles. The SMILES string of the molecule is C=C(C)COc1ccc2c(c1)O/C(=C\c1cccc(C)c1)C2=O. The molecule has 0 saturated carbocycles. The number of carbonyl (C=O) groups excluding carboxylic acids is 1. The van der Waals surface area contributed by atoms with Crippen LogP contribution in [-0.4, -0.2) is 12.4 Å². The summed E-state index contributed by atoms with van der Waals surface area (Å²) in [6.45, 7) is 8.16. The van der Waals surface area contributed by atoms with Gasteiger partial charge in [-0.15, -0.1) is 0 Å². The Labute approximate surface area is 135 Å². The Morgan fingerprint density at radius 1 is 1.26 bits per heavy atom. The Balaban J connectivity index is 1.85. The summed E-state index contributed by atoms with van der Waals surface area (Å²) in [6, 6.07) is 13.2. The Kier molecular flexibility index (Phi) is 4.02. The molecule has 1 aliphatic heterocycles. The van der Waals surface area contributed by atoms with Crippen molar-refractivity contribution in [3.05, 3.63) is 77.1 Å². The van der Waals surface area contributed by atoms with Gasteiger partial charge in [0.25, 0.3) is 0 Å².